The molecular formula is C20H19FN2O3. The van der Waals surface area contributed by atoms with E-state index in [1.165, 1.54) is 17.0 Å². The van der Waals surface area contributed by atoms with Crippen LogP contribution in [-0.2, 0) is 16.1 Å². The van der Waals surface area contributed by atoms with E-state index in [0.29, 0.717) is 11.4 Å². The monoisotopic (exact) mass is 354 g/mol. The number of benzene rings is 2. The lowest BCUT2D eigenvalue weighted by atomic mass is 10.2. The Morgan fingerprint density at radius 1 is 1.12 bits per heavy atom. The third-order valence-corrected chi connectivity index (χ3v) is 4.12. The summed E-state index contributed by atoms with van der Waals surface area (Å²) in [5.41, 5.74) is 1.53. The van der Waals surface area contributed by atoms with Crippen LogP contribution in [0.25, 0.3) is 10.9 Å². The minimum absolute atomic E-state index is 0.0700. The van der Waals surface area contributed by atoms with E-state index >= 15 is 0 Å². The Hall–Kier alpha value is -3.15. The number of carbonyl (C=O) groups excluding carboxylic acids is 2. The number of hydrogen-bond donors (Lipinski definition) is 0. The highest BCUT2D eigenvalue weighted by atomic mass is 19.1. The highest BCUT2D eigenvalue weighted by Gasteiger charge is 2.22. The van der Waals surface area contributed by atoms with Crippen molar-refractivity contribution in [1.29, 1.82) is 0 Å². The van der Waals surface area contributed by atoms with E-state index in [0.717, 1.165) is 10.9 Å². The van der Waals surface area contributed by atoms with Gasteiger partial charge >= 0.3 is 5.97 Å². The second-order valence-corrected chi connectivity index (χ2v) is 5.82. The zero-order valence-electron chi connectivity index (χ0n) is 14.6. The van der Waals surface area contributed by atoms with Gasteiger partial charge in [-0.25, -0.2) is 4.39 Å². The second-order valence-electron chi connectivity index (χ2n) is 5.82. The molecule has 1 aromatic heterocycles. The van der Waals surface area contributed by atoms with Crippen molar-refractivity contribution >= 4 is 28.5 Å². The molecule has 0 aliphatic rings. The van der Waals surface area contributed by atoms with E-state index in [9.17, 15) is 14.0 Å². The van der Waals surface area contributed by atoms with Gasteiger partial charge in [0.15, 0.2) is 0 Å². The number of para-hydroxylation sites is 1. The van der Waals surface area contributed by atoms with Crippen LogP contribution in [0.4, 0.5) is 10.1 Å². The van der Waals surface area contributed by atoms with Gasteiger partial charge in [0.25, 0.3) is 5.91 Å². The molecule has 0 saturated carbocycles. The Morgan fingerprint density at radius 3 is 2.62 bits per heavy atom. The van der Waals surface area contributed by atoms with Crippen LogP contribution in [0.15, 0.2) is 54.6 Å². The summed E-state index contributed by atoms with van der Waals surface area (Å²) in [7, 11) is 1.57. The Bertz CT molecular complexity index is 965. The summed E-state index contributed by atoms with van der Waals surface area (Å²) in [4.78, 5) is 26.4. The van der Waals surface area contributed by atoms with Gasteiger partial charge in [-0.3, -0.25) is 9.59 Å². The summed E-state index contributed by atoms with van der Waals surface area (Å²) in [6.07, 6.45) is 0. The third-order valence-electron chi connectivity index (χ3n) is 4.12. The van der Waals surface area contributed by atoms with Gasteiger partial charge in [-0.05, 0) is 37.3 Å². The van der Waals surface area contributed by atoms with Gasteiger partial charge in [0.05, 0.1) is 6.61 Å². The van der Waals surface area contributed by atoms with Crippen LogP contribution in [0.3, 0.4) is 0 Å². The lowest BCUT2D eigenvalue weighted by Crippen LogP contribution is -2.29. The molecule has 2 aromatic carbocycles. The Kier molecular flexibility index (Phi) is 5.02. The number of rotatable bonds is 5. The van der Waals surface area contributed by atoms with Crippen molar-refractivity contribution in [2.45, 2.75) is 13.5 Å². The number of ether oxygens (including phenoxy) is 1. The SMILES string of the molecule is CCOC(=O)Cn1c(C(=O)N(C)c2cccc(F)c2)cc2ccccc21. The van der Waals surface area contributed by atoms with Gasteiger partial charge < -0.3 is 14.2 Å². The van der Waals surface area contributed by atoms with Crippen LogP contribution in [0.5, 0.6) is 0 Å². The first-order chi connectivity index (χ1) is 12.5. The molecule has 3 rings (SSSR count). The highest BCUT2D eigenvalue weighted by Crippen LogP contribution is 2.23. The molecule has 0 fully saturated rings. The molecular weight excluding hydrogens is 335 g/mol. The zero-order chi connectivity index (χ0) is 18.7. The van der Waals surface area contributed by atoms with Gasteiger partial charge in [-0.1, -0.05) is 24.3 Å². The van der Waals surface area contributed by atoms with Crippen LogP contribution < -0.4 is 4.90 Å². The lowest BCUT2D eigenvalue weighted by molar-refractivity contribution is -0.143. The van der Waals surface area contributed by atoms with Crippen molar-refractivity contribution in [2.75, 3.05) is 18.6 Å². The average Bonchev–Trinajstić information content (AvgIpc) is 2.99. The van der Waals surface area contributed by atoms with E-state index < -0.39 is 11.8 Å². The van der Waals surface area contributed by atoms with Gasteiger partial charge in [0, 0.05) is 23.6 Å². The first-order valence-electron chi connectivity index (χ1n) is 8.28. The fourth-order valence-electron chi connectivity index (χ4n) is 2.87. The van der Waals surface area contributed by atoms with Gasteiger partial charge in [-0.15, -0.1) is 0 Å². The molecule has 0 aliphatic carbocycles. The number of anilines is 1. The maximum Gasteiger partial charge on any atom is 0.325 e. The molecule has 1 heterocycles. The summed E-state index contributed by atoms with van der Waals surface area (Å²) < 4.78 is 20.1. The van der Waals surface area contributed by atoms with Crippen molar-refractivity contribution in [2.24, 2.45) is 0 Å². The molecule has 1 amide bonds. The topological polar surface area (TPSA) is 51.5 Å². The van der Waals surface area contributed by atoms with Gasteiger partial charge in [-0.2, -0.15) is 0 Å². The number of nitrogens with zero attached hydrogens (tertiary/aromatic N) is 2. The first kappa shape index (κ1) is 17.7. The predicted octanol–water partition coefficient (Wildman–Crippen LogP) is 3.62. The number of esters is 1. The lowest BCUT2D eigenvalue weighted by Gasteiger charge is -2.18. The number of fused-ring (bicyclic) bond motifs is 1. The summed E-state index contributed by atoms with van der Waals surface area (Å²) in [5, 5.41) is 0.841. The number of amides is 1. The fourth-order valence-corrected chi connectivity index (χ4v) is 2.87. The van der Waals surface area contributed by atoms with E-state index in [4.69, 9.17) is 4.74 Å². The quantitative estimate of drug-likeness (QED) is 0.658. The normalized spacial score (nSPS) is 10.7. The summed E-state index contributed by atoms with van der Waals surface area (Å²) in [6, 6.07) is 14.9. The molecule has 0 saturated heterocycles. The minimum Gasteiger partial charge on any atom is -0.465 e. The Labute approximate surface area is 150 Å². The van der Waals surface area contributed by atoms with Crippen molar-refractivity contribution in [3.63, 3.8) is 0 Å². The number of halogens is 1. The average molecular weight is 354 g/mol. The Balaban J connectivity index is 2.02. The first-order valence-corrected chi connectivity index (χ1v) is 8.28. The van der Waals surface area contributed by atoms with Crippen LogP contribution in [0, 0.1) is 5.82 Å². The third kappa shape index (κ3) is 3.44. The molecule has 0 N–H and O–H groups in total. The van der Waals surface area contributed by atoms with E-state index in [1.807, 2.05) is 24.3 Å². The molecule has 0 spiro atoms. The van der Waals surface area contributed by atoms with Gasteiger partial charge in [0.1, 0.15) is 18.1 Å². The molecule has 3 aromatic rings. The molecule has 0 radical (unpaired) electrons. The van der Waals surface area contributed by atoms with Crippen molar-refractivity contribution in [3.8, 4) is 0 Å². The molecule has 5 nitrogen and oxygen atoms in total. The molecule has 134 valence electrons. The summed E-state index contributed by atoms with van der Waals surface area (Å²) >= 11 is 0. The largest absolute Gasteiger partial charge is 0.465 e. The minimum atomic E-state index is -0.422. The van der Waals surface area contributed by atoms with Crippen molar-refractivity contribution in [3.05, 3.63) is 66.1 Å². The molecule has 0 bridgehead atoms. The number of hydrogen-bond acceptors (Lipinski definition) is 3. The molecule has 6 heteroatoms. The van der Waals surface area contributed by atoms with Crippen molar-refractivity contribution < 1.29 is 18.7 Å². The van der Waals surface area contributed by atoms with E-state index in [1.54, 1.807) is 36.7 Å². The number of carbonyl (C=O) groups is 2. The van der Waals surface area contributed by atoms with Crippen LogP contribution in [0.2, 0.25) is 0 Å². The fraction of sp³-hybridized carbons (Fsp3) is 0.200. The molecule has 0 aliphatic heterocycles. The smallest absolute Gasteiger partial charge is 0.325 e. The standard InChI is InChI=1S/C20H19FN2O3/c1-3-26-19(24)13-23-17-10-5-4-7-14(17)11-18(23)20(25)22(2)16-9-6-8-15(21)12-16/h4-12H,3,13H2,1-2H3. The molecule has 26 heavy (non-hydrogen) atoms. The van der Waals surface area contributed by atoms with E-state index in [-0.39, 0.29) is 19.1 Å². The van der Waals surface area contributed by atoms with Crippen LogP contribution >= 0.6 is 0 Å². The van der Waals surface area contributed by atoms with Crippen LogP contribution in [-0.4, -0.2) is 30.1 Å². The summed E-state index contributed by atoms with van der Waals surface area (Å²) in [5.74, 6) is -1.18. The Morgan fingerprint density at radius 2 is 1.88 bits per heavy atom. The maximum atomic E-state index is 13.5. The van der Waals surface area contributed by atoms with Gasteiger partial charge in [0.2, 0.25) is 0 Å². The number of aromatic nitrogens is 1. The molecule has 0 atom stereocenters. The van der Waals surface area contributed by atoms with E-state index in [2.05, 4.69) is 0 Å². The van der Waals surface area contributed by atoms with Crippen molar-refractivity contribution in [1.82, 2.24) is 4.57 Å². The predicted molar refractivity (Wildman–Crippen MR) is 97.7 cm³/mol. The zero-order valence-corrected chi connectivity index (χ0v) is 14.6. The molecule has 0 unspecified atom stereocenters. The van der Waals surface area contributed by atoms with Crippen LogP contribution in [0.1, 0.15) is 17.4 Å². The second kappa shape index (κ2) is 7.39. The maximum absolute atomic E-state index is 13.5. The summed E-state index contributed by atoms with van der Waals surface area (Å²) in [6.45, 7) is 1.93. The highest BCUT2D eigenvalue weighted by molar-refractivity contribution is 6.08.